The van der Waals surface area contributed by atoms with Crippen molar-refractivity contribution in [1.82, 2.24) is 20.0 Å². The van der Waals surface area contributed by atoms with Crippen LogP contribution in [0.5, 0.6) is 0 Å². The minimum Gasteiger partial charge on any atom is -0.352 e. The van der Waals surface area contributed by atoms with Crippen molar-refractivity contribution in [3.05, 3.63) is 66.7 Å². The third-order valence-electron chi connectivity index (χ3n) is 6.52. The first-order valence-corrected chi connectivity index (χ1v) is 12.8. The van der Waals surface area contributed by atoms with E-state index in [-0.39, 0.29) is 24.3 Å². The van der Waals surface area contributed by atoms with Gasteiger partial charge in [-0.05, 0) is 29.7 Å². The molecular weight excluding hydrogens is 450 g/mol. The number of hydrogen-bond acceptors (Lipinski definition) is 5. The molecule has 1 saturated heterocycles. The number of rotatable bonds is 8. The smallest absolute Gasteiger partial charge is 0.242 e. The Bertz CT molecular complexity index is 1140. The second kappa shape index (κ2) is 11.8. The Morgan fingerprint density at radius 2 is 1.47 bits per heavy atom. The standard InChI is InChI=1S/C29H35N5O2/c1-4-16-34(29(36)22(2)3)21-28(35)33-19-17-32(18-20-33)27-15-14-26(30-31-27)25-12-10-24(11-13-25)23-8-6-5-7-9-23/h5-15,22H,4,16-21H2,1-3H3. The molecule has 188 valence electrons. The lowest BCUT2D eigenvalue weighted by molar-refractivity contribution is -0.142. The van der Waals surface area contributed by atoms with E-state index in [1.165, 1.54) is 11.1 Å². The third-order valence-corrected chi connectivity index (χ3v) is 6.52. The summed E-state index contributed by atoms with van der Waals surface area (Å²) >= 11 is 0. The summed E-state index contributed by atoms with van der Waals surface area (Å²) in [6.45, 7) is 9.14. The van der Waals surface area contributed by atoms with Gasteiger partial charge in [0.15, 0.2) is 5.82 Å². The van der Waals surface area contributed by atoms with Gasteiger partial charge in [-0.2, -0.15) is 0 Å². The molecule has 4 rings (SSSR count). The molecule has 2 amide bonds. The minimum atomic E-state index is -0.107. The summed E-state index contributed by atoms with van der Waals surface area (Å²) in [7, 11) is 0. The van der Waals surface area contributed by atoms with Gasteiger partial charge in [0.2, 0.25) is 11.8 Å². The van der Waals surface area contributed by atoms with E-state index in [2.05, 4.69) is 51.5 Å². The molecule has 0 radical (unpaired) electrons. The zero-order valence-electron chi connectivity index (χ0n) is 21.4. The van der Waals surface area contributed by atoms with Gasteiger partial charge in [0.25, 0.3) is 0 Å². The van der Waals surface area contributed by atoms with Gasteiger partial charge in [0.05, 0.1) is 12.2 Å². The van der Waals surface area contributed by atoms with Gasteiger partial charge in [-0.1, -0.05) is 75.4 Å². The van der Waals surface area contributed by atoms with Gasteiger partial charge in [0.1, 0.15) is 0 Å². The van der Waals surface area contributed by atoms with Crippen LogP contribution in [0.1, 0.15) is 27.2 Å². The highest BCUT2D eigenvalue weighted by Crippen LogP contribution is 2.24. The van der Waals surface area contributed by atoms with E-state index < -0.39 is 0 Å². The number of hydrogen-bond donors (Lipinski definition) is 0. The van der Waals surface area contributed by atoms with E-state index in [9.17, 15) is 9.59 Å². The lowest BCUT2D eigenvalue weighted by atomic mass is 10.0. The van der Waals surface area contributed by atoms with E-state index in [4.69, 9.17) is 0 Å². The molecule has 1 fully saturated rings. The Morgan fingerprint density at radius 1 is 0.833 bits per heavy atom. The predicted octanol–water partition coefficient (Wildman–Crippen LogP) is 4.35. The fourth-order valence-corrected chi connectivity index (χ4v) is 4.46. The van der Waals surface area contributed by atoms with Crippen LogP contribution in [0.15, 0.2) is 66.7 Å². The van der Waals surface area contributed by atoms with E-state index in [0.717, 1.165) is 23.5 Å². The first-order valence-electron chi connectivity index (χ1n) is 12.8. The van der Waals surface area contributed by atoms with E-state index in [1.807, 2.05) is 56.0 Å². The predicted molar refractivity (Wildman–Crippen MR) is 143 cm³/mol. The first kappa shape index (κ1) is 25.4. The van der Waals surface area contributed by atoms with Crippen molar-refractivity contribution in [2.24, 2.45) is 5.92 Å². The highest BCUT2D eigenvalue weighted by atomic mass is 16.2. The largest absolute Gasteiger partial charge is 0.352 e. The van der Waals surface area contributed by atoms with Gasteiger partial charge in [-0.3, -0.25) is 9.59 Å². The van der Waals surface area contributed by atoms with Crippen molar-refractivity contribution in [1.29, 1.82) is 0 Å². The zero-order chi connectivity index (χ0) is 25.5. The van der Waals surface area contributed by atoms with Crippen molar-refractivity contribution in [3.8, 4) is 22.4 Å². The quantitative estimate of drug-likeness (QED) is 0.474. The van der Waals surface area contributed by atoms with Crippen LogP contribution in [0.4, 0.5) is 5.82 Å². The lowest BCUT2D eigenvalue weighted by Crippen LogP contribution is -2.52. The monoisotopic (exact) mass is 485 g/mol. The summed E-state index contributed by atoms with van der Waals surface area (Å²) in [5.41, 5.74) is 4.21. The third kappa shape index (κ3) is 6.08. The molecule has 0 aliphatic carbocycles. The zero-order valence-corrected chi connectivity index (χ0v) is 21.4. The van der Waals surface area contributed by atoms with E-state index in [1.54, 1.807) is 4.90 Å². The summed E-state index contributed by atoms with van der Waals surface area (Å²) in [5, 5.41) is 8.92. The molecule has 0 spiro atoms. The lowest BCUT2D eigenvalue weighted by Gasteiger charge is -2.36. The number of piperazine rings is 1. The highest BCUT2D eigenvalue weighted by molar-refractivity contribution is 5.85. The van der Waals surface area contributed by atoms with Crippen molar-refractivity contribution in [2.75, 3.05) is 44.2 Å². The average Bonchev–Trinajstić information content (AvgIpc) is 2.93. The number of benzene rings is 2. The van der Waals surface area contributed by atoms with E-state index >= 15 is 0 Å². The van der Waals surface area contributed by atoms with Crippen LogP contribution in [-0.2, 0) is 9.59 Å². The van der Waals surface area contributed by atoms with Gasteiger partial charge < -0.3 is 14.7 Å². The van der Waals surface area contributed by atoms with Crippen molar-refractivity contribution in [2.45, 2.75) is 27.2 Å². The molecule has 0 bridgehead atoms. The van der Waals surface area contributed by atoms with Gasteiger partial charge in [0, 0.05) is 44.2 Å². The molecule has 7 heteroatoms. The molecule has 0 unspecified atom stereocenters. The molecular formula is C29H35N5O2. The number of amides is 2. The maximum absolute atomic E-state index is 12.9. The molecule has 0 saturated carbocycles. The van der Waals surface area contributed by atoms with Crippen LogP contribution in [0.25, 0.3) is 22.4 Å². The molecule has 1 aliphatic heterocycles. The molecule has 1 aliphatic rings. The van der Waals surface area contributed by atoms with Crippen molar-refractivity contribution in [3.63, 3.8) is 0 Å². The van der Waals surface area contributed by atoms with Gasteiger partial charge in [-0.25, -0.2) is 0 Å². The highest BCUT2D eigenvalue weighted by Gasteiger charge is 2.26. The average molecular weight is 486 g/mol. The summed E-state index contributed by atoms with van der Waals surface area (Å²) in [6, 6.07) is 22.6. The summed E-state index contributed by atoms with van der Waals surface area (Å²) < 4.78 is 0. The molecule has 1 aromatic heterocycles. The summed E-state index contributed by atoms with van der Waals surface area (Å²) in [5.74, 6) is 0.755. The van der Waals surface area contributed by atoms with Crippen LogP contribution < -0.4 is 4.90 Å². The van der Waals surface area contributed by atoms with Gasteiger partial charge in [-0.15, -0.1) is 10.2 Å². The fourth-order valence-electron chi connectivity index (χ4n) is 4.46. The van der Waals surface area contributed by atoms with Crippen LogP contribution in [-0.4, -0.2) is 71.1 Å². The Labute approximate surface area is 213 Å². The normalized spacial score (nSPS) is 13.7. The molecule has 0 N–H and O–H groups in total. The van der Waals surface area contributed by atoms with Crippen molar-refractivity contribution >= 4 is 17.6 Å². The second-order valence-corrected chi connectivity index (χ2v) is 9.50. The van der Waals surface area contributed by atoms with E-state index in [0.29, 0.717) is 32.7 Å². The molecule has 3 aromatic rings. The van der Waals surface area contributed by atoms with Crippen LogP contribution in [0, 0.1) is 5.92 Å². The number of nitrogens with zero attached hydrogens (tertiary/aromatic N) is 5. The topological polar surface area (TPSA) is 69.6 Å². The first-order chi connectivity index (χ1) is 17.5. The van der Waals surface area contributed by atoms with Crippen LogP contribution in [0.3, 0.4) is 0 Å². The second-order valence-electron chi connectivity index (χ2n) is 9.50. The molecule has 36 heavy (non-hydrogen) atoms. The van der Waals surface area contributed by atoms with Crippen molar-refractivity contribution < 1.29 is 9.59 Å². The SMILES string of the molecule is CCCN(CC(=O)N1CCN(c2ccc(-c3ccc(-c4ccccc4)cc3)nn2)CC1)C(=O)C(C)C. The summed E-state index contributed by atoms with van der Waals surface area (Å²) in [6.07, 6.45) is 0.839. The number of carbonyl (C=O) groups is 2. The van der Waals surface area contributed by atoms with Crippen LogP contribution in [0.2, 0.25) is 0 Å². The molecule has 2 aromatic carbocycles. The maximum atomic E-state index is 12.9. The van der Waals surface area contributed by atoms with Gasteiger partial charge >= 0.3 is 0 Å². The van der Waals surface area contributed by atoms with Crippen LogP contribution >= 0.6 is 0 Å². The number of carbonyl (C=O) groups excluding carboxylic acids is 2. The maximum Gasteiger partial charge on any atom is 0.242 e. The summed E-state index contributed by atoms with van der Waals surface area (Å²) in [4.78, 5) is 31.0. The fraction of sp³-hybridized carbons (Fsp3) is 0.379. The Kier molecular flexibility index (Phi) is 8.31. The molecule has 2 heterocycles. The minimum absolute atomic E-state index is 0.0116. The Hall–Kier alpha value is -3.74. The number of aromatic nitrogens is 2. The Balaban J connectivity index is 1.33. The number of anilines is 1. The Morgan fingerprint density at radius 3 is 2.06 bits per heavy atom. The molecule has 7 nitrogen and oxygen atoms in total. The molecule has 0 atom stereocenters.